The highest BCUT2D eigenvalue weighted by Crippen LogP contribution is 2.29. The van der Waals surface area contributed by atoms with Gasteiger partial charge in [0, 0.05) is 25.0 Å². The van der Waals surface area contributed by atoms with Gasteiger partial charge in [-0.3, -0.25) is 9.98 Å². The highest BCUT2D eigenvalue weighted by molar-refractivity contribution is 14.0. The lowest BCUT2D eigenvalue weighted by Crippen LogP contribution is -2.30. The van der Waals surface area contributed by atoms with Crippen LogP contribution in [0.2, 0.25) is 0 Å². The first kappa shape index (κ1) is 20.0. The van der Waals surface area contributed by atoms with Crippen molar-refractivity contribution in [1.29, 1.82) is 0 Å². The van der Waals surface area contributed by atoms with Crippen molar-refractivity contribution in [3.05, 3.63) is 47.8 Å². The van der Waals surface area contributed by atoms with Crippen LogP contribution < -0.4 is 20.1 Å². The van der Waals surface area contributed by atoms with Gasteiger partial charge in [0.05, 0.1) is 26.5 Å². The Morgan fingerprint density at radius 2 is 1.92 bits per heavy atom. The molecule has 0 unspecified atom stereocenters. The van der Waals surface area contributed by atoms with Gasteiger partial charge in [0.25, 0.3) is 0 Å². The van der Waals surface area contributed by atoms with E-state index in [0.29, 0.717) is 24.0 Å². The number of aryl methyl sites for hydroxylation is 1. The molecule has 2 N–H and O–H groups in total. The predicted molar refractivity (Wildman–Crippen MR) is 108 cm³/mol. The van der Waals surface area contributed by atoms with Gasteiger partial charge in [-0.05, 0) is 30.7 Å². The fourth-order valence-electron chi connectivity index (χ4n) is 2.10. The van der Waals surface area contributed by atoms with Crippen LogP contribution in [-0.2, 0) is 6.54 Å². The second-order valence-electron chi connectivity index (χ2n) is 4.89. The zero-order chi connectivity index (χ0) is 16.7. The predicted octanol–water partition coefficient (Wildman–Crippen LogP) is 3.21. The van der Waals surface area contributed by atoms with Crippen molar-refractivity contribution < 1.29 is 9.47 Å². The van der Waals surface area contributed by atoms with Crippen molar-refractivity contribution in [2.75, 3.05) is 26.6 Å². The maximum atomic E-state index is 5.30. The number of nitrogens with zero attached hydrogens (tertiary/aromatic N) is 2. The minimum atomic E-state index is 0. The van der Waals surface area contributed by atoms with Crippen LogP contribution >= 0.6 is 24.0 Å². The molecular weight excluding hydrogens is 419 g/mol. The third-order valence-electron chi connectivity index (χ3n) is 3.41. The molecule has 130 valence electrons. The number of ether oxygens (including phenoxy) is 2. The maximum absolute atomic E-state index is 5.30. The molecule has 0 aliphatic carbocycles. The molecule has 0 atom stereocenters. The van der Waals surface area contributed by atoms with E-state index in [0.717, 1.165) is 16.9 Å². The molecule has 6 nitrogen and oxygen atoms in total. The summed E-state index contributed by atoms with van der Waals surface area (Å²) in [6.07, 6.45) is 1.79. The third kappa shape index (κ3) is 5.26. The number of hydrogen-bond donors (Lipinski definition) is 2. The summed E-state index contributed by atoms with van der Waals surface area (Å²) in [5.74, 6) is 2.00. The first-order chi connectivity index (χ1) is 11.2. The molecule has 1 heterocycles. The number of hydrogen-bond acceptors (Lipinski definition) is 4. The number of guanidine groups is 1. The number of anilines is 1. The van der Waals surface area contributed by atoms with E-state index in [-0.39, 0.29) is 24.0 Å². The molecule has 0 aliphatic heterocycles. The summed E-state index contributed by atoms with van der Waals surface area (Å²) in [5, 5.41) is 6.47. The van der Waals surface area contributed by atoms with Crippen molar-refractivity contribution in [2.24, 2.45) is 4.99 Å². The number of rotatable bonds is 5. The Labute approximate surface area is 159 Å². The largest absolute Gasteiger partial charge is 0.493 e. The summed E-state index contributed by atoms with van der Waals surface area (Å²) in [5.41, 5.74) is 2.98. The second kappa shape index (κ2) is 9.96. The van der Waals surface area contributed by atoms with E-state index in [1.807, 2.05) is 37.3 Å². The molecule has 0 saturated carbocycles. The lowest BCUT2D eigenvalue weighted by Gasteiger charge is -2.14. The minimum Gasteiger partial charge on any atom is -0.493 e. The zero-order valence-corrected chi connectivity index (χ0v) is 16.6. The van der Waals surface area contributed by atoms with Crippen LogP contribution in [-0.4, -0.2) is 32.2 Å². The summed E-state index contributed by atoms with van der Waals surface area (Å²) in [4.78, 5) is 8.58. The van der Waals surface area contributed by atoms with Gasteiger partial charge < -0.3 is 20.1 Å². The van der Waals surface area contributed by atoms with Crippen LogP contribution in [0.4, 0.5) is 5.69 Å². The van der Waals surface area contributed by atoms with Gasteiger partial charge in [-0.1, -0.05) is 6.07 Å². The summed E-state index contributed by atoms with van der Waals surface area (Å²) in [6.45, 7) is 2.63. The van der Waals surface area contributed by atoms with Crippen LogP contribution in [0.3, 0.4) is 0 Å². The Morgan fingerprint density at radius 3 is 2.54 bits per heavy atom. The van der Waals surface area contributed by atoms with Crippen molar-refractivity contribution in [1.82, 2.24) is 10.3 Å². The van der Waals surface area contributed by atoms with Crippen molar-refractivity contribution >= 4 is 35.6 Å². The van der Waals surface area contributed by atoms with Crippen LogP contribution in [0.5, 0.6) is 11.5 Å². The summed E-state index contributed by atoms with van der Waals surface area (Å²) in [7, 11) is 4.94. The Kier molecular flexibility index (Phi) is 8.31. The van der Waals surface area contributed by atoms with E-state index in [1.54, 1.807) is 27.5 Å². The molecule has 7 heteroatoms. The quantitative estimate of drug-likeness (QED) is 0.423. The first-order valence-electron chi connectivity index (χ1n) is 7.28. The molecule has 0 spiro atoms. The number of aliphatic imine (C=N–C) groups is 1. The Bertz CT molecular complexity index is 692. The van der Waals surface area contributed by atoms with Gasteiger partial charge in [0.15, 0.2) is 17.5 Å². The van der Waals surface area contributed by atoms with Gasteiger partial charge in [-0.25, -0.2) is 0 Å². The number of aromatic nitrogens is 1. The molecule has 0 fully saturated rings. The number of methoxy groups -OCH3 is 2. The van der Waals surface area contributed by atoms with Gasteiger partial charge in [0.2, 0.25) is 0 Å². The van der Waals surface area contributed by atoms with E-state index in [2.05, 4.69) is 20.6 Å². The maximum Gasteiger partial charge on any atom is 0.195 e. The highest BCUT2D eigenvalue weighted by Gasteiger charge is 2.07. The molecule has 0 bridgehead atoms. The first-order valence-corrected chi connectivity index (χ1v) is 7.28. The lowest BCUT2D eigenvalue weighted by molar-refractivity contribution is 0.355. The average molecular weight is 442 g/mol. The van der Waals surface area contributed by atoms with E-state index in [9.17, 15) is 0 Å². The van der Waals surface area contributed by atoms with E-state index < -0.39 is 0 Å². The fraction of sp³-hybridized carbons (Fsp3) is 0.294. The van der Waals surface area contributed by atoms with Crippen LogP contribution in [0.25, 0.3) is 0 Å². The lowest BCUT2D eigenvalue weighted by atomic mass is 10.2. The number of halogens is 1. The van der Waals surface area contributed by atoms with Gasteiger partial charge in [-0.2, -0.15) is 0 Å². The fourth-order valence-corrected chi connectivity index (χ4v) is 2.10. The third-order valence-corrected chi connectivity index (χ3v) is 3.41. The van der Waals surface area contributed by atoms with Crippen LogP contribution in [0, 0.1) is 6.92 Å². The molecule has 0 aliphatic rings. The Balaban J connectivity index is 0.00000288. The normalized spacial score (nSPS) is 10.6. The molecule has 1 aromatic heterocycles. The SMILES string of the molecule is CN=C(NCc1ncccc1C)Nc1ccc(OC)c(OC)c1.I. The second-order valence-corrected chi connectivity index (χ2v) is 4.89. The Hall–Kier alpha value is -2.03. The number of nitrogens with one attached hydrogen (secondary N) is 2. The topological polar surface area (TPSA) is 67.8 Å². The minimum absolute atomic E-state index is 0. The standard InChI is InChI=1S/C17H22N4O2.HI/c1-12-6-5-9-19-14(12)11-20-17(18-2)21-13-7-8-15(22-3)16(10-13)23-4;/h5-10H,11H2,1-4H3,(H2,18,20,21);1H. The number of pyridine rings is 1. The summed E-state index contributed by atoms with van der Waals surface area (Å²) < 4.78 is 10.5. The smallest absolute Gasteiger partial charge is 0.195 e. The zero-order valence-electron chi connectivity index (χ0n) is 14.3. The van der Waals surface area contributed by atoms with Gasteiger partial charge in [0.1, 0.15) is 0 Å². The molecule has 0 radical (unpaired) electrons. The van der Waals surface area contributed by atoms with E-state index >= 15 is 0 Å². The highest BCUT2D eigenvalue weighted by atomic mass is 127. The Morgan fingerprint density at radius 1 is 1.17 bits per heavy atom. The summed E-state index contributed by atoms with van der Waals surface area (Å²) >= 11 is 0. The average Bonchev–Trinajstić information content (AvgIpc) is 2.59. The van der Waals surface area contributed by atoms with Gasteiger partial charge in [-0.15, -0.1) is 24.0 Å². The molecule has 2 rings (SSSR count). The van der Waals surface area contributed by atoms with Crippen LogP contribution in [0.15, 0.2) is 41.5 Å². The van der Waals surface area contributed by atoms with Crippen molar-refractivity contribution in [2.45, 2.75) is 13.5 Å². The monoisotopic (exact) mass is 442 g/mol. The van der Waals surface area contributed by atoms with E-state index in [1.165, 1.54) is 0 Å². The molecule has 2 aromatic rings. The number of benzene rings is 1. The van der Waals surface area contributed by atoms with Crippen LogP contribution in [0.1, 0.15) is 11.3 Å². The van der Waals surface area contributed by atoms with Gasteiger partial charge >= 0.3 is 0 Å². The molecule has 0 amide bonds. The molecule has 24 heavy (non-hydrogen) atoms. The van der Waals surface area contributed by atoms with Crippen molar-refractivity contribution in [3.63, 3.8) is 0 Å². The van der Waals surface area contributed by atoms with Crippen molar-refractivity contribution in [3.8, 4) is 11.5 Å². The molecular formula is C17H23IN4O2. The molecule has 0 saturated heterocycles. The molecule has 1 aromatic carbocycles. The van der Waals surface area contributed by atoms with E-state index in [4.69, 9.17) is 9.47 Å². The summed E-state index contributed by atoms with van der Waals surface area (Å²) in [6, 6.07) is 9.57.